The molecule has 0 saturated heterocycles. The fourth-order valence-corrected chi connectivity index (χ4v) is 7.42. The van der Waals surface area contributed by atoms with Crippen molar-refractivity contribution in [1.82, 2.24) is 0 Å². The fraction of sp³-hybridized carbons (Fsp3) is 0.240. The number of carbonyl (C=O) groups excluding carboxylic acids is 3. The van der Waals surface area contributed by atoms with E-state index in [0.29, 0.717) is 10.6 Å². The standard InChI is InChI=1S/C25H21NO6S2/c1-2-32-25(29)21-15-7-3-5-9-18(15)33-24(21)26-23(28)14-11-12-17-20(13-14)34(30,31)19-10-6-4-8-16(19)22(17)27/h4,6,8,10-13H,2-3,5,7,9H2,1H3,(H,26,28). The van der Waals surface area contributed by atoms with Crippen LogP contribution in [0.25, 0.3) is 0 Å². The van der Waals surface area contributed by atoms with Gasteiger partial charge in [0.1, 0.15) is 5.00 Å². The average Bonchev–Trinajstić information content (AvgIpc) is 3.20. The number of sulfone groups is 1. The highest BCUT2D eigenvalue weighted by molar-refractivity contribution is 7.91. The van der Waals surface area contributed by atoms with E-state index in [0.717, 1.165) is 36.1 Å². The van der Waals surface area contributed by atoms with Crippen LogP contribution in [0.2, 0.25) is 0 Å². The molecule has 34 heavy (non-hydrogen) atoms. The van der Waals surface area contributed by atoms with Crippen LogP contribution in [-0.2, 0) is 27.4 Å². The van der Waals surface area contributed by atoms with Gasteiger partial charge < -0.3 is 10.1 Å². The second-order valence-electron chi connectivity index (χ2n) is 8.13. The summed E-state index contributed by atoms with van der Waals surface area (Å²) < 4.78 is 31.6. The Labute approximate surface area is 200 Å². The van der Waals surface area contributed by atoms with Gasteiger partial charge in [0.2, 0.25) is 9.84 Å². The number of hydrogen-bond donors (Lipinski definition) is 1. The molecule has 0 fully saturated rings. The van der Waals surface area contributed by atoms with Crippen molar-refractivity contribution in [1.29, 1.82) is 0 Å². The highest BCUT2D eigenvalue weighted by Gasteiger charge is 2.35. The maximum atomic E-state index is 13.2. The number of rotatable bonds is 4. The molecule has 1 aliphatic heterocycles. The SMILES string of the molecule is CCOC(=O)c1c(NC(=O)c2ccc3c(c2)S(=O)(=O)c2ccccc2C3=O)sc2c1CCCC2. The van der Waals surface area contributed by atoms with E-state index in [1.165, 1.54) is 41.7 Å². The van der Waals surface area contributed by atoms with E-state index in [1.807, 2.05) is 0 Å². The second kappa shape index (κ2) is 8.48. The predicted molar refractivity (Wildman–Crippen MR) is 127 cm³/mol. The zero-order valence-corrected chi connectivity index (χ0v) is 20.0. The van der Waals surface area contributed by atoms with Crippen LogP contribution in [0.1, 0.15) is 66.8 Å². The third-order valence-corrected chi connectivity index (χ3v) is 9.14. The first-order valence-corrected chi connectivity index (χ1v) is 13.3. The lowest BCUT2D eigenvalue weighted by Gasteiger charge is -2.19. The molecule has 0 spiro atoms. The molecule has 0 unspecified atom stereocenters. The number of ketones is 1. The van der Waals surface area contributed by atoms with Crippen molar-refractivity contribution >= 4 is 43.8 Å². The number of carbonyl (C=O) groups is 3. The summed E-state index contributed by atoms with van der Waals surface area (Å²) in [5.41, 5.74) is 1.53. The molecule has 0 saturated carbocycles. The van der Waals surface area contributed by atoms with Crippen molar-refractivity contribution in [3.8, 4) is 0 Å². The van der Waals surface area contributed by atoms with Crippen molar-refractivity contribution in [2.75, 3.05) is 11.9 Å². The highest BCUT2D eigenvalue weighted by Crippen LogP contribution is 2.39. The van der Waals surface area contributed by atoms with Crippen molar-refractivity contribution < 1.29 is 27.5 Å². The lowest BCUT2D eigenvalue weighted by atomic mass is 9.95. The minimum atomic E-state index is -3.97. The van der Waals surface area contributed by atoms with Crippen LogP contribution in [0.3, 0.4) is 0 Å². The van der Waals surface area contributed by atoms with Gasteiger partial charge in [0.05, 0.1) is 22.0 Å². The first-order chi connectivity index (χ1) is 16.3. The molecule has 9 heteroatoms. The molecule has 1 amide bonds. The summed E-state index contributed by atoms with van der Waals surface area (Å²) in [7, 11) is -3.97. The van der Waals surface area contributed by atoms with Gasteiger partial charge in [0.15, 0.2) is 5.78 Å². The van der Waals surface area contributed by atoms with Crippen molar-refractivity contribution in [3.05, 3.63) is 75.2 Å². The summed E-state index contributed by atoms with van der Waals surface area (Å²) in [5.74, 6) is -1.44. The molecular formula is C25H21NO6S2. The summed E-state index contributed by atoms with van der Waals surface area (Å²) >= 11 is 1.35. The molecule has 0 radical (unpaired) electrons. The molecular weight excluding hydrogens is 474 g/mol. The van der Waals surface area contributed by atoms with E-state index in [9.17, 15) is 22.8 Å². The first-order valence-electron chi connectivity index (χ1n) is 11.0. The van der Waals surface area contributed by atoms with Crippen LogP contribution >= 0.6 is 11.3 Å². The van der Waals surface area contributed by atoms with E-state index >= 15 is 0 Å². The number of thiophene rings is 1. The monoisotopic (exact) mass is 495 g/mol. The van der Waals surface area contributed by atoms with Crippen molar-refractivity contribution in [2.24, 2.45) is 0 Å². The largest absolute Gasteiger partial charge is 0.462 e. The van der Waals surface area contributed by atoms with Gasteiger partial charge in [-0.05, 0) is 68.5 Å². The van der Waals surface area contributed by atoms with Gasteiger partial charge in [0.25, 0.3) is 5.91 Å². The third kappa shape index (κ3) is 3.56. The van der Waals surface area contributed by atoms with Gasteiger partial charge in [-0.1, -0.05) is 12.1 Å². The van der Waals surface area contributed by atoms with Crippen LogP contribution in [-0.4, -0.2) is 32.7 Å². The van der Waals surface area contributed by atoms with Gasteiger partial charge in [-0.2, -0.15) is 0 Å². The predicted octanol–water partition coefficient (Wildman–Crippen LogP) is 4.43. The van der Waals surface area contributed by atoms with Crippen LogP contribution in [0.5, 0.6) is 0 Å². The van der Waals surface area contributed by atoms with Gasteiger partial charge in [-0.3, -0.25) is 9.59 Å². The molecule has 0 atom stereocenters. The number of anilines is 1. The number of nitrogens with one attached hydrogen (secondary N) is 1. The van der Waals surface area contributed by atoms with Crippen LogP contribution in [0, 0.1) is 0 Å². The Morgan fingerprint density at radius 2 is 1.76 bits per heavy atom. The maximum Gasteiger partial charge on any atom is 0.341 e. The molecule has 7 nitrogen and oxygen atoms in total. The lowest BCUT2D eigenvalue weighted by Crippen LogP contribution is -2.22. The molecule has 2 aliphatic rings. The highest BCUT2D eigenvalue weighted by atomic mass is 32.2. The average molecular weight is 496 g/mol. The number of benzene rings is 2. The van der Waals surface area contributed by atoms with E-state index < -0.39 is 27.5 Å². The fourth-order valence-electron chi connectivity index (χ4n) is 4.47. The molecule has 1 aliphatic carbocycles. The smallest absolute Gasteiger partial charge is 0.341 e. The zero-order chi connectivity index (χ0) is 24.0. The summed E-state index contributed by atoms with van der Waals surface area (Å²) in [5, 5.41) is 3.19. The van der Waals surface area contributed by atoms with Crippen LogP contribution in [0.15, 0.2) is 52.3 Å². The van der Waals surface area contributed by atoms with Crippen molar-refractivity contribution in [3.63, 3.8) is 0 Å². The van der Waals surface area contributed by atoms with Crippen molar-refractivity contribution in [2.45, 2.75) is 42.4 Å². The number of hydrogen-bond acceptors (Lipinski definition) is 7. The second-order valence-corrected chi connectivity index (χ2v) is 11.1. The first kappa shape index (κ1) is 22.5. The molecule has 3 aromatic rings. The normalized spacial score (nSPS) is 15.6. The summed E-state index contributed by atoms with van der Waals surface area (Å²) in [6.45, 7) is 1.94. The third-order valence-electron chi connectivity index (χ3n) is 6.08. The Bertz CT molecular complexity index is 1470. The quantitative estimate of drug-likeness (QED) is 0.420. The number of ether oxygens (including phenoxy) is 1. The topological polar surface area (TPSA) is 107 Å². The van der Waals surface area contributed by atoms with E-state index in [-0.39, 0.29) is 33.1 Å². The van der Waals surface area contributed by atoms with Crippen LogP contribution < -0.4 is 5.32 Å². The molecule has 2 aromatic carbocycles. The minimum absolute atomic E-state index is 0.0362. The summed E-state index contributed by atoms with van der Waals surface area (Å²) in [6, 6.07) is 10.1. The number of esters is 1. The Hall–Kier alpha value is -3.30. The van der Waals surface area contributed by atoms with Gasteiger partial charge in [0, 0.05) is 21.6 Å². The lowest BCUT2D eigenvalue weighted by molar-refractivity contribution is 0.0526. The zero-order valence-electron chi connectivity index (χ0n) is 18.3. The molecule has 1 N–H and O–H groups in total. The minimum Gasteiger partial charge on any atom is -0.462 e. The van der Waals surface area contributed by atoms with Gasteiger partial charge in [-0.25, -0.2) is 13.2 Å². The van der Waals surface area contributed by atoms with Crippen LogP contribution in [0.4, 0.5) is 5.00 Å². The maximum absolute atomic E-state index is 13.2. The molecule has 174 valence electrons. The van der Waals surface area contributed by atoms with E-state index in [4.69, 9.17) is 4.74 Å². The molecule has 1 aromatic heterocycles. The van der Waals surface area contributed by atoms with Gasteiger partial charge >= 0.3 is 5.97 Å². The summed E-state index contributed by atoms with van der Waals surface area (Å²) in [6.07, 6.45) is 3.55. The Morgan fingerprint density at radius 1 is 1.03 bits per heavy atom. The Balaban J connectivity index is 1.52. The van der Waals surface area contributed by atoms with E-state index in [1.54, 1.807) is 19.1 Å². The number of aryl methyl sites for hydroxylation is 1. The van der Waals surface area contributed by atoms with E-state index in [2.05, 4.69) is 5.32 Å². The Kier molecular flexibility index (Phi) is 5.61. The molecule has 2 heterocycles. The van der Waals surface area contributed by atoms with Gasteiger partial charge in [-0.15, -0.1) is 11.3 Å². The number of amides is 1. The number of fused-ring (bicyclic) bond motifs is 3. The molecule has 5 rings (SSSR count). The molecule has 0 bridgehead atoms. The summed E-state index contributed by atoms with van der Waals surface area (Å²) in [4.78, 5) is 39.4. The Morgan fingerprint density at radius 3 is 2.56 bits per heavy atom.